The predicted molar refractivity (Wildman–Crippen MR) is 100 cm³/mol. The van der Waals surface area contributed by atoms with Gasteiger partial charge in [-0.2, -0.15) is 0 Å². The van der Waals surface area contributed by atoms with Crippen LogP contribution in [-0.2, 0) is 17.9 Å². The zero-order valence-electron chi connectivity index (χ0n) is 14.4. The molecule has 25 heavy (non-hydrogen) atoms. The molecule has 2 aliphatic rings. The summed E-state index contributed by atoms with van der Waals surface area (Å²) in [5, 5.41) is 14.1. The van der Waals surface area contributed by atoms with E-state index in [1.54, 1.807) is 11.3 Å². The third kappa shape index (κ3) is 3.59. The van der Waals surface area contributed by atoms with Crippen LogP contribution in [0.15, 0.2) is 17.5 Å². The summed E-state index contributed by atoms with van der Waals surface area (Å²) >= 11 is 1.66. The SMILES string of the molecule is CC(C(=O)N1CCC(c2nnc3n2CCNC3)CC1)c1cccs1.Cl. The molecule has 0 radical (unpaired) electrons. The standard InChI is InChI=1S/C17H23N5OS.ClH/c1-12(14-3-2-10-24-14)17(23)21-7-4-13(5-8-21)16-20-19-15-11-18-6-9-22(15)16;/h2-3,10,12-13,18H,4-9,11H2,1H3;1H. The van der Waals surface area contributed by atoms with Gasteiger partial charge >= 0.3 is 0 Å². The quantitative estimate of drug-likeness (QED) is 0.886. The van der Waals surface area contributed by atoms with Gasteiger partial charge in [0.2, 0.25) is 5.91 Å². The molecule has 136 valence electrons. The maximum absolute atomic E-state index is 12.7. The zero-order valence-corrected chi connectivity index (χ0v) is 16.0. The van der Waals surface area contributed by atoms with E-state index in [2.05, 4.69) is 26.1 Å². The molecule has 2 aliphatic heterocycles. The number of halogens is 1. The van der Waals surface area contributed by atoms with Gasteiger partial charge in [-0.1, -0.05) is 6.07 Å². The number of likely N-dealkylation sites (tertiary alicyclic amines) is 1. The molecular weight excluding hydrogens is 358 g/mol. The zero-order chi connectivity index (χ0) is 16.5. The Hall–Kier alpha value is -1.44. The highest BCUT2D eigenvalue weighted by Gasteiger charge is 2.30. The number of rotatable bonds is 3. The Morgan fingerprint density at radius 2 is 2.12 bits per heavy atom. The highest BCUT2D eigenvalue weighted by atomic mass is 35.5. The van der Waals surface area contributed by atoms with Gasteiger partial charge in [0, 0.05) is 37.0 Å². The van der Waals surface area contributed by atoms with Gasteiger partial charge in [-0.3, -0.25) is 4.79 Å². The molecule has 2 aromatic heterocycles. The number of fused-ring (bicyclic) bond motifs is 1. The second kappa shape index (κ2) is 7.85. The van der Waals surface area contributed by atoms with Gasteiger partial charge < -0.3 is 14.8 Å². The summed E-state index contributed by atoms with van der Waals surface area (Å²) in [6.45, 7) is 6.39. The number of carbonyl (C=O) groups excluding carboxylic acids is 1. The summed E-state index contributed by atoms with van der Waals surface area (Å²) in [5.41, 5.74) is 0. The van der Waals surface area contributed by atoms with E-state index in [0.717, 1.165) is 62.1 Å². The Kier molecular flexibility index (Phi) is 5.76. The van der Waals surface area contributed by atoms with Crippen LogP contribution in [0.25, 0.3) is 0 Å². The Labute approximate surface area is 158 Å². The van der Waals surface area contributed by atoms with E-state index in [-0.39, 0.29) is 24.2 Å². The van der Waals surface area contributed by atoms with Gasteiger partial charge in [-0.05, 0) is 31.2 Å². The topological polar surface area (TPSA) is 63.1 Å². The van der Waals surface area contributed by atoms with Gasteiger partial charge in [0.25, 0.3) is 0 Å². The average molecular weight is 382 g/mol. The first kappa shape index (κ1) is 18.4. The summed E-state index contributed by atoms with van der Waals surface area (Å²) in [7, 11) is 0. The number of nitrogens with one attached hydrogen (secondary N) is 1. The van der Waals surface area contributed by atoms with Crippen LogP contribution in [0.2, 0.25) is 0 Å². The summed E-state index contributed by atoms with van der Waals surface area (Å²) in [4.78, 5) is 15.9. The number of piperidine rings is 1. The lowest BCUT2D eigenvalue weighted by Crippen LogP contribution is -2.40. The molecule has 1 fully saturated rings. The lowest BCUT2D eigenvalue weighted by Gasteiger charge is -2.33. The molecule has 2 aromatic rings. The fourth-order valence-electron chi connectivity index (χ4n) is 3.71. The van der Waals surface area contributed by atoms with E-state index in [1.807, 2.05) is 23.3 Å². The molecule has 1 amide bonds. The van der Waals surface area contributed by atoms with Gasteiger partial charge in [0.1, 0.15) is 11.6 Å². The molecule has 1 unspecified atom stereocenters. The van der Waals surface area contributed by atoms with Crippen LogP contribution in [0.5, 0.6) is 0 Å². The number of amides is 1. The van der Waals surface area contributed by atoms with Gasteiger partial charge in [-0.15, -0.1) is 33.9 Å². The largest absolute Gasteiger partial charge is 0.342 e. The van der Waals surface area contributed by atoms with Gasteiger partial charge in [0.05, 0.1) is 12.5 Å². The fraction of sp³-hybridized carbons (Fsp3) is 0.588. The van der Waals surface area contributed by atoms with Crippen molar-refractivity contribution in [3.63, 3.8) is 0 Å². The number of aromatic nitrogens is 3. The van der Waals surface area contributed by atoms with E-state index < -0.39 is 0 Å². The van der Waals surface area contributed by atoms with Crippen molar-refractivity contribution < 1.29 is 4.79 Å². The van der Waals surface area contributed by atoms with Crippen molar-refractivity contribution >= 4 is 29.7 Å². The van der Waals surface area contributed by atoms with Crippen LogP contribution in [0.4, 0.5) is 0 Å². The van der Waals surface area contributed by atoms with Crippen LogP contribution >= 0.6 is 23.7 Å². The van der Waals surface area contributed by atoms with E-state index in [1.165, 1.54) is 0 Å². The molecule has 1 atom stereocenters. The third-order valence-electron chi connectivity index (χ3n) is 5.16. The van der Waals surface area contributed by atoms with Crippen LogP contribution in [0.3, 0.4) is 0 Å². The minimum absolute atomic E-state index is 0. The molecule has 1 saturated heterocycles. The molecule has 0 spiro atoms. The fourth-order valence-corrected chi connectivity index (χ4v) is 4.48. The molecule has 6 nitrogen and oxygen atoms in total. The van der Waals surface area contributed by atoms with Crippen molar-refractivity contribution in [3.05, 3.63) is 34.0 Å². The maximum atomic E-state index is 12.7. The molecule has 0 bridgehead atoms. The second-order valence-electron chi connectivity index (χ2n) is 6.64. The number of hydrogen-bond donors (Lipinski definition) is 1. The molecule has 0 aliphatic carbocycles. The summed E-state index contributed by atoms with van der Waals surface area (Å²) in [6.07, 6.45) is 1.96. The molecule has 4 rings (SSSR count). The highest BCUT2D eigenvalue weighted by Crippen LogP contribution is 2.30. The van der Waals surface area contributed by atoms with Gasteiger partial charge in [0.15, 0.2) is 0 Å². The molecule has 4 heterocycles. The number of hydrogen-bond acceptors (Lipinski definition) is 5. The molecular formula is C17H24ClN5OS. The van der Waals surface area contributed by atoms with Crippen LogP contribution < -0.4 is 5.32 Å². The lowest BCUT2D eigenvalue weighted by molar-refractivity contribution is -0.133. The number of carbonyl (C=O) groups is 1. The first-order valence-electron chi connectivity index (χ1n) is 8.69. The summed E-state index contributed by atoms with van der Waals surface area (Å²) in [5.74, 6) is 2.80. The van der Waals surface area contributed by atoms with Gasteiger partial charge in [-0.25, -0.2) is 0 Å². The minimum atomic E-state index is -0.0338. The van der Waals surface area contributed by atoms with E-state index in [0.29, 0.717) is 5.92 Å². The smallest absolute Gasteiger partial charge is 0.230 e. The second-order valence-corrected chi connectivity index (χ2v) is 7.62. The Morgan fingerprint density at radius 3 is 2.84 bits per heavy atom. The van der Waals surface area contributed by atoms with Crippen molar-refractivity contribution in [2.24, 2.45) is 0 Å². The van der Waals surface area contributed by atoms with Crippen LogP contribution in [-0.4, -0.2) is 45.2 Å². The first-order chi connectivity index (χ1) is 11.7. The molecule has 0 saturated carbocycles. The van der Waals surface area contributed by atoms with Crippen molar-refractivity contribution in [2.45, 2.75) is 44.7 Å². The Balaban J connectivity index is 0.00000182. The van der Waals surface area contributed by atoms with Crippen LogP contribution in [0.1, 0.15) is 48.1 Å². The Bertz CT molecular complexity index is 709. The van der Waals surface area contributed by atoms with Crippen molar-refractivity contribution in [1.29, 1.82) is 0 Å². The van der Waals surface area contributed by atoms with Crippen LogP contribution in [0, 0.1) is 0 Å². The first-order valence-corrected chi connectivity index (χ1v) is 9.57. The van der Waals surface area contributed by atoms with Crippen molar-refractivity contribution in [1.82, 2.24) is 25.0 Å². The summed E-state index contributed by atoms with van der Waals surface area (Å²) < 4.78 is 2.27. The Morgan fingerprint density at radius 1 is 1.32 bits per heavy atom. The molecule has 8 heteroatoms. The monoisotopic (exact) mass is 381 g/mol. The van der Waals surface area contributed by atoms with E-state index >= 15 is 0 Å². The number of thiophene rings is 1. The average Bonchev–Trinajstić information content (AvgIpc) is 3.30. The normalized spacial score (nSPS) is 19.2. The third-order valence-corrected chi connectivity index (χ3v) is 6.22. The molecule has 1 N–H and O–H groups in total. The van der Waals surface area contributed by atoms with E-state index in [4.69, 9.17) is 0 Å². The number of nitrogens with zero attached hydrogens (tertiary/aromatic N) is 4. The lowest BCUT2D eigenvalue weighted by atomic mass is 9.94. The molecule has 0 aromatic carbocycles. The predicted octanol–water partition coefficient (Wildman–Crippen LogP) is 2.37. The maximum Gasteiger partial charge on any atom is 0.230 e. The minimum Gasteiger partial charge on any atom is -0.342 e. The van der Waals surface area contributed by atoms with E-state index in [9.17, 15) is 4.79 Å². The van der Waals surface area contributed by atoms with Crippen molar-refractivity contribution in [2.75, 3.05) is 19.6 Å². The summed E-state index contributed by atoms with van der Waals surface area (Å²) in [6, 6.07) is 4.07. The van der Waals surface area contributed by atoms with Crippen molar-refractivity contribution in [3.8, 4) is 0 Å². The highest BCUT2D eigenvalue weighted by molar-refractivity contribution is 7.10.